The highest BCUT2D eigenvalue weighted by Crippen LogP contribution is 2.28. The summed E-state index contributed by atoms with van der Waals surface area (Å²) in [4.78, 5) is 16.4. The number of imidazole rings is 1. The van der Waals surface area contributed by atoms with Gasteiger partial charge in [0.1, 0.15) is 5.69 Å². The molecular weight excluding hydrogens is 323 g/mol. The van der Waals surface area contributed by atoms with Crippen molar-refractivity contribution >= 4 is 5.91 Å². The molecule has 2 aromatic heterocycles. The van der Waals surface area contributed by atoms with Gasteiger partial charge in [-0.2, -0.15) is 18.3 Å². The zero-order valence-corrected chi connectivity index (χ0v) is 13.9. The normalized spacial score (nSPS) is 13.8. The number of carbonyl (C=O) groups excluding carboxylic acids is 1. The maximum atomic E-state index is 12.7. The second-order valence-corrected chi connectivity index (χ2v) is 6.69. The molecule has 6 nitrogen and oxygen atoms in total. The highest BCUT2D eigenvalue weighted by Gasteiger charge is 2.36. The number of amides is 1. The molecule has 2 heterocycles. The summed E-state index contributed by atoms with van der Waals surface area (Å²) in [6, 6.07) is 0.454. The van der Waals surface area contributed by atoms with Crippen LogP contribution in [0.1, 0.15) is 37.0 Å². The smallest absolute Gasteiger partial charge is 0.346 e. The summed E-state index contributed by atoms with van der Waals surface area (Å²) in [5.74, 6) is -0.597. The van der Waals surface area contributed by atoms with Gasteiger partial charge in [0.25, 0.3) is 5.91 Å². The maximum Gasteiger partial charge on any atom is 0.435 e. The number of nitrogens with zero attached hydrogens (tertiary/aromatic N) is 4. The monoisotopic (exact) mass is 343 g/mol. The molecule has 0 aliphatic heterocycles. The minimum atomic E-state index is -4.59. The van der Waals surface area contributed by atoms with E-state index in [1.54, 1.807) is 23.3 Å². The summed E-state index contributed by atoms with van der Waals surface area (Å²) in [6.45, 7) is 6.29. The van der Waals surface area contributed by atoms with Gasteiger partial charge in [-0.3, -0.25) is 9.48 Å². The van der Waals surface area contributed by atoms with Crippen LogP contribution in [0.3, 0.4) is 0 Å². The molecular formula is C15H20F3N5O. The molecule has 0 spiro atoms. The predicted molar refractivity (Wildman–Crippen MR) is 81.1 cm³/mol. The minimum absolute atomic E-state index is 0.137. The van der Waals surface area contributed by atoms with Gasteiger partial charge in [0.05, 0.1) is 12.4 Å². The third-order valence-corrected chi connectivity index (χ3v) is 3.71. The zero-order chi connectivity index (χ0) is 18.1. The van der Waals surface area contributed by atoms with Gasteiger partial charge in [0.2, 0.25) is 0 Å². The number of hydrogen-bond donors (Lipinski definition) is 1. The summed E-state index contributed by atoms with van der Waals surface area (Å²) in [6.07, 6.45) is 0.419. The van der Waals surface area contributed by atoms with E-state index in [2.05, 4.69) is 15.4 Å². The van der Waals surface area contributed by atoms with Crippen molar-refractivity contribution in [1.82, 2.24) is 24.6 Å². The summed E-state index contributed by atoms with van der Waals surface area (Å²) in [5.41, 5.74) is -1.52. The van der Waals surface area contributed by atoms with E-state index in [0.717, 1.165) is 10.7 Å². The molecule has 0 aliphatic rings. The Morgan fingerprint density at radius 2 is 2.00 bits per heavy atom. The van der Waals surface area contributed by atoms with Gasteiger partial charge < -0.3 is 9.88 Å². The highest BCUT2D eigenvalue weighted by molar-refractivity contribution is 5.92. The van der Waals surface area contributed by atoms with Crippen molar-refractivity contribution in [2.75, 3.05) is 0 Å². The van der Waals surface area contributed by atoms with Crippen molar-refractivity contribution in [3.8, 4) is 0 Å². The first-order valence-corrected chi connectivity index (χ1v) is 7.36. The van der Waals surface area contributed by atoms with E-state index in [4.69, 9.17) is 0 Å². The maximum absolute atomic E-state index is 12.7. The molecule has 1 atom stereocenters. The van der Waals surface area contributed by atoms with Gasteiger partial charge in [-0.05, 0) is 5.41 Å². The third kappa shape index (κ3) is 4.15. The number of nitrogens with one attached hydrogen (secondary N) is 1. The lowest BCUT2D eigenvalue weighted by Gasteiger charge is -2.31. The van der Waals surface area contributed by atoms with Crippen LogP contribution < -0.4 is 5.32 Å². The molecule has 1 amide bonds. The van der Waals surface area contributed by atoms with Crippen molar-refractivity contribution in [1.29, 1.82) is 0 Å². The molecule has 0 aliphatic carbocycles. The fourth-order valence-electron chi connectivity index (χ4n) is 2.19. The number of rotatable bonds is 4. The Kier molecular flexibility index (Phi) is 4.73. The zero-order valence-electron chi connectivity index (χ0n) is 13.9. The van der Waals surface area contributed by atoms with Crippen molar-refractivity contribution in [2.24, 2.45) is 12.5 Å². The standard InChI is InChI=1S/C15H20F3N5O/c1-14(2,3)12(8-23-6-5-19-9-23)20-13(24)10-7-11(15(16,17)18)21-22(10)4/h5-7,9,12H,8H2,1-4H3,(H,20,24). The first-order chi connectivity index (χ1) is 11.0. The Morgan fingerprint density at radius 3 is 2.46 bits per heavy atom. The Labute approximate surface area is 137 Å². The molecule has 2 aromatic rings. The number of carbonyl (C=O) groups is 1. The van der Waals surface area contributed by atoms with E-state index in [-0.39, 0.29) is 17.2 Å². The molecule has 1 N–H and O–H groups in total. The molecule has 2 rings (SSSR count). The Bertz CT molecular complexity index is 698. The molecule has 0 saturated carbocycles. The van der Waals surface area contributed by atoms with Crippen LogP contribution in [-0.2, 0) is 19.8 Å². The SMILES string of the molecule is Cn1nc(C(F)(F)F)cc1C(=O)NC(Cn1ccnc1)C(C)(C)C. The van der Waals surface area contributed by atoms with E-state index in [1.165, 1.54) is 7.05 Å². The van der Waals surface area contributed by atoms with Gasteiger partial charge in [0, 0.05) is 32.1 Å². The van der Waals surface area contributed by atoms with Crippen LogP contribution in [-0.4, -0.2) is 31.3 Å². The molecule has 0 bridgehead atoms. The van der Waals surface area contributed by atoms with E-state index < -0.39 is 17.8 Å². The Balaban J connectivity index is 2.20. The molecule has 0 radical (unpaired) electrons. The Hall–Kier alpha value is -2.32. The molecule has 9 heteroatoms. The van der Waals surface area contributed by atoms with Crippen molar-refractivity contribution in [2.45, 2.75) is 39.5 Å². The predicted octanol–water partition coefficient (Wildman–Crippen LogP) is 2.48. The summed E-state index contributed by atoms with van der Waals surface area (Å²) in [7, 11) is 1.31. The van der Waals surface area contributed by atoms with Crippen LogP contribution in [0.5, 0.6) is 0 Å². The van der Waals surface area contributed by atoms with Gasteiger partial charge in [-0.15, -0.1) is 0 Å². The van der Waals surface area contributed by atoms with Crippen molar-refractivity contribution < 1.29 is 18.0 Å². The van der Waals surface area contributed by atoms with Crippen molar-refractivity contribution in [3.63, 3.8) is 0 Å². The third-order valence-electron chi connectivity index (χ3n) is 3.71. The second kappa shape index (κ2) is 6.29. The molecule has 1 unspecified atom stereocenters. The molecule has 0 fully saturated rings. The Morgan fingerprint density at radius 1 is 1.33 bits per heavy atom. The lowest BCUT2D eigenvalue weighted by Crippen LogP contribution is -2.46. The van der Waals surface area contributed by atoms with Gasteiger partial charge in [-0.1, -0.05) is 20.8 Å². The van der Waals surface area contributed by atoms with E-state index >= 15 is 0 Å². The first-order valence-electron chi connectivity index (χ1n) is 7.36. The number of alkyl halides is 3. The molecule has 24 heavy (non-hydrogen) atoms. The van der Waals surface area contributed by atoms with Gasteiger partial charge >= 0.3 is 6.18 Å². The fraction of sp³-hybridized carbons (Fsp3) is 0.533. The molecule has 132 valence electrons. The quantitative estimate of drug-likeness (QED) is 0.928. The average Bonchev–Trinajstić information content (AvgIpc) is 3.05. The number of aryl methyl sites for hydroxylation is 1. The minimum Gasteiger partial charge on any atom is -0.346 e. The summed E-state index contributed by atoms with van der Waals surface area (Å²) in [5, 5.41) is 6.17. The molecule has 0 aromatic carbocycles. The van der Waals surface area contributed by atoms with Crippen LogP contribution in [0.25, 0.3) is 0 Å². The number of hydrogen-bond acceptors (Lipinski definition) is 3. The van der Waals surface area contributed by atoms with Crippen LogP contribution in [0.4, 0.5) is 13.2 Å². The summed E-state index contributed by atoms with van der Waals surface area (Å²) >= 11 is 0. The number of aromatic nitrogens is 4. The van der Waals surface area contributed by atoms with Crippen LogP contribution >= 0.6 is 0 Å². The summed E-state index contributed by atoms with van der Waals surface area (Å²) < 4.78 is 40.9. The van der Waals surface area contributed by atoms with E-state index in [1.807, 2.05) is 20.8 Å². The fourth-order valence-corrected chi connectivity index (χ4v) is 2.19. The lowest BCUT2D eigenvalue weighted by molar-refractivity contribution is -0.141. The molecule has 0 saturated heterocycles. The van der Waals surface area contributed by atoms with E-state index in [0.29, 0.717) is 6.54 Å². The van der Waals surface area contributed by atoms with Crippen LogP contribution in [0.15, 0.2) is 24.8 Å². The average molecular weight is 343 g/mol. The van der Waals surface area contributed by atoms with Gasteiger partial charge in [0.15, 0.2) is 5.69 Å². The van der Waals surface area contributed by atoms with Gasteiger partial charge in [-0.25, -0.2) is 4.98 Å². The topological polar surface area (TPSA) is 64.7 Å². The van der Waals surface area contributed by atoms with Crippen LogP contribution in [0, 0.1) is 5.41 Å². The second-order valence-electron chi connectivity index (χ2n) is 6.69. The number of halogens is 3. The lowest BCUT2D eigenvalue weighted by atomic mass is 9.86. The van der Waals surface area contributed by atoms with E-state index in [9.17, 15) is 18.0 Å². The largest absolute Gasteiger partial charge is 0.435 e. The van der Waals surface area contributed by atoms with Crippen molar-refractivity contribution in [3.05, 3.63) is 36.2 Å². The highest BCUT2D eigenvalue weighted by atomic mass is 19.4. The van der Waals surface area contributed by atoms with Crippen LogP contribution in [0.2, 0.25) is 0 Å². The first kappa shape index (κ1) is 18.0.